The second kappa shape index (κ2) is 11.1. The largest absolute Gasteiger partial charge is 0.481 e. The zero-order chi connectivity index (χ0) is 24.8. The minimum absolute atomic E-state index is 0.0886. The number of urea groups is 1. The van der Waals surface area contributed by atoms with Gasteiger partial charge in [-0.05, 0) is 47.7 Å². The van der Waals surface area contributed by atoms with Crippen molar-refractivity contribution in [2.45, 2.75) is 38.8 Å². The Morgan fingerprint density at radius 3 is 2.77 bits per heavy atom. The molecule has 0 aliphatic carbocycles. The summed E-state index contributed by atoms with van der Waals surface area (Å²) >= 11 is 1.55. The molecule has 2 aromatic heterocycles. The van der Waals surface area contributed by atoms with Crippen molar-refractivity contribution in [2.75, 3.05) is 18.2 Å². The molecular weight excluding hydrogens is 470 g/mol. The van der Waals surface area contributed by atoms with Crippen molar-refractivity contribution in [1.29, 1.82) is 0 Å². The molecule has 1 atom stereocenters. The zero-order valence-electron chi connectivity index (χ0n) is 19.3. The molecule has 3 aromatic rings. The molecule has 35 heavy (non-hydrogen) atoms. The fourth-order valence-electron chi connectivity index (χ4n) is 3.86. The summed E-state index contributed by atoms with van der Waals surface area (Å²) in [6.45, 7) is 2.81. The van der Waals surface area contributed by atoms with Crippen LogP contribution in [0.2, 0.25) is 0 Å². The van der Waals surface area contributed by atoms with E-state index in [1.54, 1.807) is 52.4 Å². The highest BCUT2D eigenvalue weighted by Gasteiger charge is 2.26. The lowest BCUT2D eigenvalue weighted by Crippen LogP contribution is -2.45. The van der Waals surface area contributed by atoms with E-state index in [0.29, 0.717) is 36.6 Å². The average molecular weight is 498 g/mol. The molecule has 3 heterocycles. The van der Waals surface area contributed by atoms with E-state index in [9.17, 15) is 19.5 Å². The van der Waals surface area contributed by atoms with Gasteiger partial charge >= 0.3 is 12.0 Å². The number of anilines is 1. The quantitative estimate of drug-likeness (QED) is 0.434. The van der Waals surface area contributed by atoms with Gasteiger partial charge in [-0.15, -0.1) is 11.3 Å². The number of hydrogen-bond donors (Lipinski definition) is 2. The lowest BCUT2D eigenvalue weighted by Gasteiger charge is -2.26. The second-order valence-corrected chi connectivity index (χ2v) is 9.16. The van der Waals surface area contributed by atoms with Crippen LogP contribution in [0.4, 0.5) is 10.5 Å². The molecule has 10 heteroatoms. The number of carboxylic acids is 1. The summed E-state index contributed by atoms with van der Waals surface area (Å²) in [4.78, 5) is 40.8. The van der Waals surface area contributed by atoms with Crippen molar-refractivity contribution in [3.63, 3.8) is 0 Å². The molecule has 0 saturated carbocycles. The van der Waals surface area contributed by atoms with Crippen molar-refractivity contribution in [3.05, 3.63) is 74.8 Å². The van der Waals surface area contributed by atoms with Gasteiger partial charge in [-0.25, -0.2) is 4.79 Å². The zero-order valence-corrected chi connectivity index (χ0v) is 20.1. The average Bonchev–Trinajstić information content (AvgIpc) is 3.52. The molecular formula is C25H27N3O6S. The summed E-state index contributed by atoms with van der Waals surface area (Å²) in [7, 11) is 0. The molecule has 0 saturated heterocycles. The van der Waals surface area contributed by atoms with Crippen molar-refractivity contribution in [1.82, 2.24) is 9.88 Å². The minimum atomic E-state index is -1.06. The topological polar surface area (TPSA) is 110 Å². The Bertz CT molecular complexity index is 1240. The lowest BCUT2D eigenvalue weighted by atomic mass is 10.0. The second-order valence-electron chi connectivity index (χ2n) is 8.12. The van der Waals surface area contributed by atoms with Crippen LogP contribution in [0.1, 0.15) is 42.7 Å². The number of hydrogen-bond acceptors (Lipinski definition) is 6. The van der Waals surface area contributed by atoms with E-state index in [0.717, 1.165) is 11.3 Å². The first-order chi connectivity index (χ1) is 17.0. The molecule has 0 bridgehead atoms. The smallest absolute Gasteiger partial charge is 0.322 e. The van der Waals surface area contributed by atoms with Crippen LogP contribution in [0.3, 0.4) is 0 Å². The van der Waals surface area contributed by atoms with Crippen molar-refractivity contribution in [3.8, 4) is 11.5 Å². The number of carbonyl (C=O) groups is 2. The lowest BCUT2D eigenvalue weighted by molar-refractivity contribution is -0.137. The summed E-state index contributed by atoms with van der Waals surface area (Å²) in [6.07, 6.45) is 2.87. The summed E-state index contributed by atoms with van der Waals surface area (Å²) < 4.78 is 12.3. The molecule has 0 unspecified atom stereocenters. The third kappa shape index (κ3) is 5.83. The monoisotopic (exact) mass is 497 g/mol. The van der Waals surface area contributed by atoms with Crippen LogP contribution in [-0.2, 0) is 11.3 Å². The number of nitrogens with zero attached hydrogens (tertiary/aromatic N) is 2. The highest BCUT2D eigenvalue weighted by atomic mass is 32.1. The molecule has 9 nitrogen and oxygen atoms in total. The van der Waals surface area contributed by atoms with Crippen molar-refractivity contribution in [2.24, 2.45) is 0 Å². The van der Waals surface area contributed by atoms with Crippen LogP contribution in [0, 0.1) is 0 Å². The van der Waals surface area contributed by atoms with Gasteiger partial charge in [0.15, 0.2) is 11.5 Å². The number of benzene rings is 1. The molecule has 2 N–H and O–H groups in total. The van der Waals surface area contributed by atoms with E-state index in [1.807, 2.05) is 24.4 Å². The van der Waals surface area contributed by atoms with Crippen LogP contribution in [0.25, 0.3) is 0 Å². The maximum Gasteiger partial charge on any atom is 0.322 e. The summed E-state index contributed by atoms with van der Waals surface area (Å²) in [6, 6.07) is 10.9. The SMILES string of the molecule is CCCCN(C(=O)N[C@@H](CC(=O)O)c1ccc2c(c1)OCO2)c1cccn(Cc2cccs2)c1=O. The predicted octanol–water partition coefficient (Wildman–Crippen LogP) is 4.22. The Morgan fingerprint density at radius 2 is 2.03 bits per heavy atom. The van der Waals surface area contributed by atoms with Gasteiger partial charge in [0.2, 0.25) is 6.79 Å². The predicted molar refractivity (Wildman–Crippen MR) is 132 cm³/mol. The molecule has 0 radical (unpaired) electrons. The Morgan fingerprint density at radius 1 is 1.20 bits per heavy atom. The number of unbranched alkanes of at least 4 members (excludes halogenated alkanes) is 1. The first-order valence-corrected chi connectivity index (χ1v) is 12.3. The highest BCUT2D eigenvalue weighted by molar-refractivity contribution is 7.09. The van der Waals surface area contributed by atoms with Crippen molar-refractivity contribution < 1.29 is 24.2 Å². The van der Waals surface area contributed by atoms with Gasteiger partial charge in [-0.2, -0.15) is 0 Å². The number of amides is 2. The third-order valence-electron chi connectivity index (χ3n) is 5.65. The summed E-state index contributed by atoms with van der Waals surface area (Å²) in [5.41, 5.74) is 0.531. The van der Waals surface area contributed by atoms with E-state index < -0.39 is 18.0 Å². The van der Waals surface area contributed by atoms with E-state index in [4.69, 9.17) is 9.47 Å². The molecule has 1 aliphatic heterocycles. The maximum absolute atomic E-state index is 13.4. The number of aliphatic carboxylic acids is 1. The molecule has 1 aliphatic rings. The Balaban J connectivity index is 1.61. The highest BCUT2D eigenvalue weighted by Crippen LogP contribution is 2.35. The molecule has 184 valence electrons. The summed E-state index contributed by atoms with van der Waals surface area (Å²) in [5.74, 6) is -0.00473. The third-order valence-corrected chi connectivity index (χ3v) is 6.51. The number of ether oxygens (including phenoxy) is 2. The molecule has 0 spiro atoms. The molecule has 0 fully saturated rings. The normalized spacial score (nSPS) is 12.8. The van der Waals surface area contributed by atoms with Crippen molar-refractivity contribution >= 4 is 29.0 Å². The molecule has 1 aromatic carbocycles. The van der Waals surface area contributed by atoms with Gasteiger partial charge in [0.05, 0.1) is 19.0 Å². The Labute approximate surface area is 206 Å². The van der Waals surface area contributed by atoms with Gasteiger partial charge in [0.1, 0.15) is 5.69 Å². The Hall–Kier alpha value is -3.79. The number of carbonyl (C=O) groups excluding carboxylic acids is 1. The van der Waals surface area contributed by atoms with Crippen LogP contribution < -0.4 is 25.2 Å². The molecule has 2 amide bonds. The van der Waals surface area contributed by atoms with Crippen LogP contribution >= 0.6 is 11.3 Å². The van der Waals surface area contributed by atoms with Crippen LogP contribution in [0.5, 0.6) is 11.5 Å². The number of aromatic nitrogens is 1. The molecule has 4 rings (SSSR count). The first kappa shape index (κ1) is 24.3. The maximum atomic E-state index is 13.4. The number of fused-ring (bicyclic) bond motifs is 1. The number of nitrogens with one attached hydrogen (secondary N) is 1. The van der Waals surface area contributed by atoms with E-state index >= 15 is 0 Å². The van der Waals surface area contributed by atoms with Gasteiger partial charge in [0, 0.05) is 17.6 Å². The number of pyridine rings is 1. The van der Waals surface area contributed by atoms with Crippen LogP contribution in [0.15, 0.2) is 58.8 Å². The number of rotatable bonds is 10. The van der Waals surface area contributed by atoms with Crippen LogP contribution in [-0.4, -0.2) is 35.0 Å². The first-order valence-electron chi connectivity index (χ1n) is 11.4. The fourth-order valence-corrected chi connectivity index (χ4v) is 4.56. The van der Waals surface area contributed by atoms with E-state index in [1.165, 1.54) is 4.90 Å². The summed E-state index contributed by atoms with van der Waals surface area (Å²) in [5, 5.41) is 14.2. The minimum Gasteiger partial charge on any atom is -0.481 e. The van der Waals surface area contributed by atoms with E-state index in [2.05, 4.69) is 5.32 Å². The van der Waals surface area contributed by atoms with Gasteiger partial charge < -0.3 is 24.5 Å². The van der Waals surface area contributed by atoms with Gasteiger partial charge in [-0.1, -0.05) is 25.5 Å². The number of thiophene rings is 1. The van der Waals surface area contributed by atoms with E-state index in [-0.39, 0.29) is 24.5 Å². The Kier molecular flexibility index (Phi) is 7.71. The standard InChI is InChI=1S/C25H27N3O6S/c1-2-3-11-28(20-7-4-10-27(24(20)31)15-18-6-5-12-35-18)25(32)26-19(14-23(29)30)17-8-9-21-22(13-17)34-16-33-21/h4-10,12-13,19H,2-3,11,14-16H2,1H3,(H,26,32)(H,29,30)/t19-/m0/s1. The fraction of sp³-hybridized carbons (Fsp3) is 0.320. The van der Waals surface area contributed by atoms with Gasteiger partial charge in [0.25, 0.3) is 5.56 Å². The van der Waals surface area contributed by atoms with Gasteiger partial charge in [-0.3, -0.25) is 14.5 Å². The number of carboxylic acid groups (broad SMARTS) is 1.